The molecule has 2 aromatic carbocycles. The van der Waals surface area contributed by atoms with Gasteiger partial charge in [-0.05, 0) is 11.1 Å². The van der Waals surface area contributed by atoms with Crippen molar-refractivity contribution in [1.82, 2.24) is 0 Å². The lowest BCUT2D eigenvalue weighted by Crippen LogP contribution is -2.46. The van der Waals surface area contributed by atoms with E-state index in [2.05, 4.69) is 0 Å². The average Bonchev–Trinajstić information content (AvgIpc) is 2.69. The van der Waals surface area contributed by atoms with Gasteiger partial charge in [0.1, 0.15) is 0 Å². The van der Waals surface area contributed by atoms with Crippen molar-refractivity contribution in [3.8, 4) is 0 Å². The van der Waals surface area contributed by atoms with Crippen LogP contribution in [0.3, 0.4) is 0 Å². The Kier molecular flexibility index (Phi) is 6.26. The standard InChI is InChI=1S/C15H13Cl7Si3/c16-23(17)13(11-7-3-1-4-8-11)14(12-9-5-2-6-10-12)24(18,19)15(23)25(20,21)22/h1-10,13-15H. The molecule has 0 N–H and O–H groups in total. The van der Waals surface area contributed by atoms with Gasteiger partial charge in [0.05, 0.1) is 0 Å². The average molecular weight is 526 g/mol. The fourth-order valence-electron chi connectivity index (χ4n) is 3.65. The molecule has 3 rings (SSSR count). The highest BCUT2D eigenvalue weighted by molar-refractivity contribution is 7.77. The lowest BCUT2D eigenvalue weighted by atomic mass is 10.0. The first kappa shape index (κ1) is 20.8. The fourth-order valence-corrected chi connectivity index (χ4v) is 49.9. The lowest BCUT2D eigenvalue weighted by Gasteiger charge is -2.31. The molecule has 1 heterocycles. The zero-order chi connectivity index (χ0) is 18.5. The van der Waals surface area contributed by atoms with Crippen molar-refractivity contribution in [3.05, 3.63) is 71.8 Å². The highest BCUT2D eigenvalue weighted by Gasteiger charge is 2.76. The third-order valence-electron chi connectivity index (χ3n) is 4.58. The van der Waals surface area contributed by atoms with Crippen LogP contribution in [0.15, 0.2) is 60.7 Å². The molecule has 1 fully saturated rings. The number of benzene rings is 2. The predicted octanol–water partition coefficient (Wildman–Crippen LogP) is 7.59. The van der Waals surface area contributed by atoms with Gasteiger partial charge in [0.25, 0.3) is 13.4 Å². The maximum Gasteiger partial charge on any atom is 0.344 e. The van der Waals surface area contributed by atoms with Crippen LogP contribution in [0, 0.1) is 0 Å². The normalized spacial score (nSPS) is 28.0. The van der Waals surface area contributed by atoms with Crippen molar-refractivity contribution in [2.45, 2.75) is 15.9 Å². The second kappa shape index (κ2) is 7.51. The Hall–Kier alpha value is 1.12. The van der Waals surface area contributed by atoms with Gasteiger partial charge in [-0.3, -0.25) is 0 Å². The van der Waals surface area contributed by atoms with E-state index in [1.54, 1.807) is 0 Å². The summed E-state index contributed by atoms with van der Waals surface area (Å²) in [7, 11) is 0. The van der Waals surface area contributed by atoms with Gasteiger partial charge in [-0.1, -0.05) is 60.7 Å². The Labute approximate surface area is 183 Å². The van der Waals surface area contributed by atoms with Crippen LogP contribution in [-0.2, 0) is 0 Å². The Bertz CT molecular complexity index is 676. The largest absolute Gasteiger partial charge is 0.344 e. The number of hydrogen-bond acceptors (Lipinski definition) is 0. The number of hydrogen-bond donors (Lipinski definition) is 0. The van der Waals surface area contributed by atoms with Crippen molar-refractivity contribution in [1.29, 1.82) is 0 Å². The molecule has 0 aliphatic carbocycles. The van der Waals surface area contributed by atoms with Crippen LogP contribution in [0.1, 0.15) is 22.2 Å². The van der Waals surface area contributed by atoms with Crippen molar-refractivity contribution >= 4 is 96.9 Å². The van der Waals surface area contributed by atoms with Gasteiger partial charge in [-0.15, -0.1) is 77.6 Å². The molecule has 1 aliphatic heterocycles. The topological polar surface area (TPSA) is 0 Å². The second-order valence-corrected chi connectivity index (χ2v) is 30.4. The smallest absolute Gasteiger partial charge is 0.145 e. The van der Waals surface area contributed by atoms with E-state index in [1.807, 2.05) is 60.7 Å². The maximum absolute atomic E-state index is 7.00. The summed E-state index contributed by atoms with van der Waals surface area (Å²) in [6.07, 6.45) is 0. The Morgan fingerprint density at radius 2 is 0.920 bits per heavy atom. The molecule has 0 spiro atoms. The third kappa shape index (κ3) is 3.84. The Morgan fingerprint density at radius 3 is 1.20 bits per heavy atom. The summed E-state index contributed by atoms with van der Waals surface area (Å²) < 4.78 is 0. The van der Waals surface area contributed by atoms with E-state index in [0.29, 0.717) is 0 Å². The molecule has 0 amide bonds. The summed E-state index contributed by atoms with van der Waals surface area (Å²) >= 11 is 47.2. The van der Waals surface area contributed by atoms with Crippen LogP contribution in [0.25, 0.3) is 0 Å². The summed E-state index contributed by atoms with van der Waals surface area (Å²) in [6.45, 7) is -6.30. The quantitative estimate of drug-likeness (QED) is 0.286. The molecule has 2 atom stereocenters. The monoisotopic (exact) mass is 522 g/mol. The van der Waals surface area contributed by atoms with E-state index in [9.17, 15) is 0 Å². The van der Waals surface area contributed by atoms with Gasteiger partial charge >= 0.3 is 6.00 Å². The van der Waals surface area contributed by atoms with E-state index >= 15 is 0 Å². The predicted molar refractivity (Wildman–Crippen MR) is 120 cm³/mol. The van der Waals surface area contributed by atoms with Gasteiger partial charge in [-0.25, -0.2) is 0 Å². The summed E-state index contributed by atoms with van der Waals surface area (Å²) in [5.41, 5.74) is 1.54. The second-order valence-electron chi connectivity index (χ2n) is 6.10. The van der Waals surface area contributed by atoms with Crippen molar-refractivity contribution in [2.24, 2.45) is 0 Å². The minimum absolute atomic E-state index is 0.228. The van der Waals surface area contributed by atoms with Crippen LogP contribution in [0.2, 0.25) is 4.79 Å². The SMILES string of the molecule is Cl[Si](Cl)(Cl)C1[Si](Cl)(Cl)C(c2ccccc2)C(c2ccccc2)[Si]1(Cl)Cl. The highest BCUT2D eigenvalue weighted by Crippen LogP contribution is 2.69. The lowest BCUT2D eigenvalue weighted by molar-refractivity contribution is 0.866. The first-order valence-corrected chi connectivity index (χ1v) is 21.0. The molecule has 1 saturated heterocycles. The molecule has 1 aliphatic rings. The van der Waals surface area contributed by atoms with Crippen LogP contribution in [0.5, 0.6) is 0 Å². The zero-order valence-electron chi connectivity index (χ0n) is 12.7. The molecule has 0 nitrogen and oxygen atoms in total. The van der Waals surface area contributed by atoms with E-state index < -0.39 is 24.2 Å². The molecule has 2 unspecified atom stereocenters. The van der Waals surface area contributed by atoms with Crippen molar-refractivity contribution in [3.63, 3.8) is 0 Å². The van der Waals surface area contributed by atoms with Gasteiger partial charge in [0.2, 0.25) is 0 Å². The van der Waals surface area contributed by atoms with Crippen molar-refractivity contribution in [2.75, 3.05) is 0 Å². The summed E-state index contributed by atoms with van der Waals surface area (Å²) in [5, 5.41) is 0. The number of rotatable bonds is 3. The first-order chi connectivity index (χ1) is 11.6. The highest BCUT2D eigenvalue weighted by atomic mass is 35.8. The van der Waals surface area contributed by atoms with E-state index in [-0.39, 0.29) is 11.1 Å². The van der Waals surface area contributed by atoms with Gasteiger partial charge in [-0.2, -0.15) is 0 Å². The van der Waals surface area contributed by atoms with Crippen molar-refractivity contribution < 1.29 is 0 Å². The summed E-state index contributed by atoms with van der Waals surface area (Å²) in [6, 6.07) is 16.3. The Balaban J connectivity index is 2.25. The molecule has 0 radical (unpaired) electrons. The van der Waals surface area contributed by atoms with Crippen LogP contribution < -0.4 is 0 Å². The van der Waals surface area contributed by atoms with E-state index in [0.717, 1.165) is 11.1 Å². The Morgan fingerprint density at radius 1 is 0.600 bits per heavy atom. The van der Waals surface area contributed by atoms with Crippen LogP contribution in [-0.4, -0.2) is 19.4 Å². The minimum Gasteiger partial charge on any atom is -0.145 e. The minimum atomic E-state index is -3.33. The van der Waals surface area contributed by atoms with Crippen LogP contribution in [0.4, 0.5) is 0 Å². The molecular formula is C15H13Cl7Si3. The van der Waals surface area contributed by atoms with Gasteiger partial charge in [0, 0.05) is 15.9 Å². The van der Waals surface area contributed by atoms with E-state index in [1.165, 1.54) is 0 Å². The van der Waals surface area contributed by atoms with Crippen LogP contribution >= 0.6 is 77.6 Å². The molecule has 0 bridgehead atoms. The first-order valence-electron chi connectivity index (χ1n) is 7.50. The maximum atomic E-state index is 7.00. The summed E-state index contributed by atoms with van der Waals surface area (Å²) in [4.78, 5) is -0.598. The molecule has 0 aromatic heterocycles. The van der Waals surface area contributed by atoms with Gasteiger partial charge in [0.15, 0.2) is 0 Å². The molecular weight excluding hydrogens is 513 g/mol. The molecule has 10 heteroatoms. The molecule has 2 aromatic rings. The number of halogens is 7. The third-order valence-corrected chi connectivity index (χ3v) is 33.2. The van der Waals surface area contributed by atoms with Gasteiger partial charge < -0.3 is 0 Å². The molecule has 134 valence electrons. The molecule has 0 saturated carbocycles. The zero-order valence-corrected chi connectivity index (χ0v) is 20.9. The fraction of sp³-hybridized carbons (Fsp3) is 0.200. The summed E-state index contributed by atoms with van der Waals surface area (Å²) in [5.74, 6) is 0. The molecule has 25 heavy (non-hydrogen) atoms. The van der Waals surface area contributed by atoms with E-state index in [4.69, 9.17) is 77.6 Å².